The number of nitrogens with zero attached hydrogens (tertiary/aromatic N) is 1. The number of carboxylic acids is 1. The van der Waals surface area contributed by atoms with Crippen LogP contribution in [-0.4, -0.2) is 16.1 Å². The zero-order valence-electron chi connectivity index (χ0n) is 10.8. The maximum absolute atomic E-state index is 11.3. The van der Waals surface area contributed by atoms with E-state index >= 15 is 0 Å². The Bertz CT molecular complexity index is 686. The Labute approximate surface area is 125 Å². The maximum atomic E-state index is 11.3. The van der Waals surface area contributed by atoms with Crippen LogP contribution in [0.15, 0.2) is 24.3 Å². The Balaban J connectivity index is 2.50. The van der Waals surface area contributed by atoms with Gasteiger partial charge in [-0.2, -0.15) is 0 Å². The van der Waals surface area contributed by atoms with Crippen molar-refractivity contribution >= 4 is 29.2 Å². The second-order valence-electron chi connectivity index (χ2n) is 4.20. The Morgan fingerprint density at radius 2 is 1.90 bits per heavy atom. The quantitative estimate of drug-likeness (QED) is 0.906. The molecular formula is C14H11Cl2NO3. The number of carboxylic acid groups (broad SMARTS) is 1. The van der Waals surface area contributed by atoms with E-state index in [4.69, 9.17) is 27.9 Å². The number of pyridine rings is 1. The van der Waals surface area contributed by atoms with Crippen molar-refractivity contribution in [3.05, 3.63) is 51.3 Å². The zero-order chi connectivity index (χ0) is 14.9. The fourth-order valence-electron chi connectivity index (χ4n) is 1.81. The van der Waals surface area contributed by atoms with Gasteiger partial charge in [0.05, 0.1) is 10.7 Å². The lowest BCUT2D eigenvalue weighted by molar-refractivity contribution is 0.0693. The van der Waals surface area contributed by atoms with Gasteiger partial charge in [0.1, 0.15) is 17.1 Å². The van der Waals surface area contributed by atoms with E-state index in [1.54, 1.807) is 32.0 Å². The van der Waals surface area contributed by atoms with Crippen molar-refractivity contribution in [1.29, 1.82) is 0 Å². The van der Waals surface area contributed by atoms with Crippen molar-refractivity contribution in [3.8, 4) is 11.5 Å². The van der Waals surface area contributed by atoms with Crippen LogP contribution in [0.5, 0.6) is 11.5 Å². The van der Waals surface area contributed by atoms with Gasteiger partial charge < -0.3 is 9.84 Å². The molecule has 1 heterocycles. The summed E-state index contributed by atoms with van der Waals surface area (Å²) < 4.78 is 5.61. The van der Waals surface area contributed by atoms with E-state index < -0.39 is 5.97 Å². The van der Waals surface area contributed by atoms with E-state index in [1.165, 1.54) is 6.07 Å². The van der Waals surface area contributed by atoms with E-state index in [9.17, 15) is 9.90 Å². The highest BCUT2D eigenvalue weighted by molar-refractivity contribution is 6.35. The van der Waals surface area contributed by atoms with Crippen molar-refractivity contribution in [2.45, 2.75) is 13.8 Å². The largest absolute Gasteiger partial charge is 0.477 e. The van der Waals surface area contributed by atoms with Crippen LogP contribution in [0.2, 0.25) is 10.0 Å². The molecule has 20 heavy (non-hydrogen) atoms. The first-order chi connectivity index (χ1) is 9.38. The summed E-state index contributed by atoms with van der Waals surface area (Å²) in [6.45, 7) is 3.38. The molecule has 104 valence electrons. The number of aryl methyl sites for hydroxylation is 2. The van der Waals surface area contributed by atoms with Gasteiger partial charge in [-0.25, -0.2) is 4.79 Å². The summed E-state index contributed by atoms with van der Waals surface area (Å²) in [5.41, 5.74) is 1.06. The lowest BCUT2D eigenvalue weighted by Crippen LogP contribution is -2.06. The number of hydrogen-bond acceptors (Lipinski definition) is 3. The van der Waals surface area contributed by atoms with Crippen LogP contribution in [-0.2, 0) is 0 Å². The molecule has 2 rings (SSSR count). The minimum absolute atomic E-state index is 0.0154. The van der Waals surface area contributed by atoms with Crippen molar-refractivity contribution in [3.63, 3.8) is 0 Å². The number of halogens is 2. The number of rotatable bonds is 3. The molecule has 0 aliphatic heterocycles. The van der Waals surface area contributed by atoms with Gasteiger partial charge in [-0.15, -0.1) is 0 Å². The first kappa shape index (κ1) is 14.6. The molecule has 0 unspecified atom stereocenters. The molecule has 1 N–H and O–H groups in total. The summed E-state index contributed by atoms with van der Waals surface area (Å²) in [6.07, 6.45) is 0. The molecule has 0 spiro atoms. The molecule has 0 fully saturated rings. The second kappa shape index (κ2) is 5.69. The summed E-state index contributed by atoms with van der Waals surface area (Å²) >= 11 is 11.8. The predicted molar refractivity (Wildman–Crippen MR) is 77.2 cm³/mol. The predicted octanol–water partition coefficient (Wildman–Crippen LogP) is 4.50. The molecule has 0 aliphatic carbocycles. The van der Waals surface area contributed by atoms with Crippen molar-refractivity contribution in [2.75, 3.05) is 0 Å². The SMILES string of the molecule is Cc1cc(Oc2ccc(Cl)cc2Cl)c(C(=O)O)c(C)n1. The van der Waals surface area contributed by atoms with Crippen LogP contribution >= 0.6 is 23.2 Å². The van der Waals surface area contributed by atoms with Crippen molar-refractivity contribution in [2.24, 2.45) is 0 Å². The molecule has 0 radical (unpaired) electrons. The number of aromatic nitrogens is 1. The third-order valence-corrected chi connectivity index (χ3v) is 3.15. The van der Waals surface area contributed by atoms with E-state index in [0.717, 1.165) is 0 Å². The average molecular weight is 312 g/mol. The van der Waals surface area contributed by atoms with E-state index in [-0.39, 0.29) is 11.3 Å². The van der Waals surface area contributed by atoms with E-state index in [1.807, 2.05) is 0 Å². The summed E-state index contributed by atoms with van der Waals surface area (Å²) in [7, 11) is 0. The van der Waals surface area contributed by atoms with Crippen LogP contribution in [0.3, 0.4) is 0 Å². The highest BCUT2D eigenvalue weighted by atomic mass is 35.5. The number of carbonyl (C=O) groups is 1. The normalized spacial score (nSPS) is 10.4. The highest BCUT2D eigenvalue weighted by Gasteiger charge is 2.18. The molecule has 0 atom stereocenters. The van der Waals surface area contributed by atoms with Gasteiger partial charge in [0.25, 0.3) is 0 Å². The van der Waals surface area contributed by atoms with Gasteiger partial charge in [-0.1, -0.05) is 23.2 Å². The second-order valence-corrected chi connectivity index (χ2v) is 5.05. The van der Waals surface area contributed by atoms with Gasteiger partial charge in [0.2, 0.25) is 0 Å². The molecule has 6 heteroatoms. The van der Waals surface area contributed by atoms with E-state index in [2.05, 4.69) is 4.98 Å². The van der Waals surface area contributed by atoms with Gasteiger partial charge in [-0.05, 0) is 32.0 Å². The van der Waals surface area contributed by atoms with Gasteiger partial charge >= 0.3 is 5.97 Å². The number of aromatic carboxylic acids is 1. The first-order valence-corrected chi connectivity index (χ1v) is 6.48. The molecule has 0 bridgehead atoms. The number of hydrogen-bond donors (Lipinski definition) is 1. The molecule has 1 aromatic heterocycles. The van der Waals surface area contributed by atoms with Crippen molar-refractivity contribution < 1.29 is 14.6 Å². The van der Waals surface area contributed by atoms with Gasteiger partial charge in [0, 0.05) is 16.8 Å². The minimum atomic E-state index is -1.10. The molecular weight excluding hydrogens is 301 g/mol. The molecule has 2 aromatic rings. The molecule has 4 nitrogen and oxygen atoms in total. The fraction of sp³-hybridized carbons (Fsp3) is 0.143. The number of benzene rings is 1. The summed E-state index contributed by atoms with van der Waals surface area (Å²) in [6, 6.07) is 6.28. The third-order valence-electron chi connectivity index (χ3n) is 2.62. The standard InChI is InChI=1S/C14H11Cl2NO3/c1-7-5-12(13(14(18)19)8(2)17-7)20-11-4-3-9(15)6-10(11)16/h3-6H,1-2H3,(H,18,19). The lowest BCUT2D eigenvalue weighted by atomic mass is 10.1. The molecule has 1 aromatic carbocycles. The van der Waals surface area contributed by atoms with Gasteiger partial charge in [0.15, 0.2) is 0 Å². The summed E-state index contributed by atoms with van der Waals surface area (Å²) in [5.74, 6) is -0.564. The Kier molecular flexibility index (Phi) is 4.16. The highest BCUT2D eigenvalue weighted by Crippen LogP contribution is 2.34. The summed E-state index contributed by atoms with van der Waals surface area (Å²) in [5, 5.41) is 10.0. The van der Waals surface area contributed by atoms with Gasteiger partial charge in [-0.3, -0.25) is 4.98 Å². The average Bonchev–Trinajstić information content (AvgIpc) is 2.31. The number of ether oxygens (including phenoxy) is 1. The monoisotopic (exact) mass is 311 g/mol. The molecule has 0 saturated heterocycles. The fourth-order valence-corrected chi connectivity index (χ4v) is 2.26. The van der Waals surface area contributed by atoms with E-state index in [0.29, 0.717) is 27.2 Å². The van der Waals surface area contributed by atoms with Crippen molar-refractivity contribution in [1.82, 2.24) is 4.98 Å². The molecule has 0 saturated carbocycles. The van der Waals surface area contributed by atoms with Crippen LogP contribution < -0.4 is 4.74 Å². The maximum Gasteiger partial charge on any atom is 0.341 e. The zero-order valence-corrected chi connectivity index (χ0v) is 12.3. The minimum Gasteiger partial charge on any atom is -0.477 e. The third kappa shape index (κ3) is 3.03. The van der Waals surface area contributed by atoms with Crippen LogP contribution in [0, 0.1) is 13.8 Å². The molecule has 0 amide bonds. The Morgan fingerprint density at radius 3 is 2.50 bits per heavy atom. The molecule has 0 aliphatic rings. The first-order valence-electron chi connectivity index (χ1n) is 5.73. The van der Waals surface area contributed by atoms with Crippen LogP contribution in [0.4, 0.5) is 0 Å². The Hall–Kier alpha value is -1.78. The smallest absolute Gasteiger partial charge is 0.341 e. The lowest BCUT2D eigenvalue weighted by Gasteiger charge is -2.12. The Morgan fingerprint density at radius 1 is 1.20 bits per heavy atom. The topological polar surface area (TPSA) is 59.4 Å². The van der Waals surface area contributed by atoms with Crippen LogP contribution in [0.1, 0.15) is 21.7 Å². The van der Waals surface area contributed by atoms with Crippen LogP contribution in [0.25, 0.3) is 0 Å². The summed E-state index contributed by atoms with van der Waals surface area (Å²) in [4.78, 5) is 15.4.